The minimum Gasteiger partial charge on any atom is -0.492 e. The first-order chi connectivity index (χ1) is 11.1. The standard InChI is InChI=1S/C17H27N3O3/c1-14-11-15(2)13-16(12-14)23-8-4-19-17(21)18-3-5-20-6-9-22-10-7-20/h11-13H,3-10H2,1-2H3,(H2,18,19,21). The van der Waals surface area contributed by atoms with Crippen LogP contribution in [0.5, 0.6) is 5.75 Å². The predicted molar refractivity (Wildman–Crippen MR) is 90.1 cm³/mol. The minimum absolute atomic E-state index is 0.151. The molecule has 0 radical (unpaired) electrons. The van der Waals surface area contributed by atoms with Gasteiger partial charge in [-0.3, -0.25) is 4.90 Å². The number of ether oxygens (including phenoxy) is 2. The molecule has 0 aromatic heterocycles. The summed E-state index contributed by atoms with van der Waals surface area (Å²) in [5.41, 5.74) is 2.35. The molecule has 23 heavy (non-hydrogen) atoms. The van der Waals surface area contributed by atoms with Gasteiger partial charge in [-0.2, -0.15) is 0 Å². The van der Waals surface area contributed by atoms with E-state index in [0.717, 1.165) is 38.6 Å². The van der Waals surface area contributed by atoms with Gasteiger partial charge in [-0.1, -0.05) is 6.07 Å². The normalized spacial score (nSPS) is 15.2. The molecule has 6 nitrogen and oxygen atoms in total. The second kappa shape index (κ2) is 9.37. The van der Waals surface area contributed by atoms with Crippen LogP contribution >= 0.6 is 0 Å². The zero-order valence-electron chi connectivity index (χ0n) is 14.1. The topological polar surface area (TPSA) is 62.8 Å². The van der Waals surface area contributed by atoms with E-state index in [-0.39, 0.29) is 6.03 Å². The van der Waals surface area contributed by atoms with Crippen molar-refractivity contribution in [3.8, 4) is 5.75 Å². The van der Waals surface area contributed by atoms with Gasteiger partial charge in [0.2, 0.25) is 0 Å². The Morgan fingerprint density at radius 2 is 1.78 bits per heavy atom. The molecule has 2 N–H and O–H groups in total. The molecule has 0 atom stereocenters. The first-order valence-electron chi connectivity index (χ1n) is 8.16. The molecule has 0 saturated carbocycles. The third-order valence-electron chi connectivity index (χ3n) is 3.67. The molecular formula is C17H27N3O3. The van der Waals surface area contributed by atoms with Crippen LogP contribution in [0.15, 0.2) is 18.2 Å². The van der Waals surface area contributed by atoms with E-state index >= 15 is 0 Å². The van der Waals surface area contributed by atoms with Crippen LogP contribution in [0.4, 0.5) is 4.79 Å². The molecule has 1 aromatic rings. The monoisotopic (exact) mass is 321 g/mol. The first kappa shape index (κ1) is 17.6. The quantitative estimate of drug-likeness (QED) is 0.744. The highest BCUT2D eigenvalue weighted by atomic mass is 16.5. The maximum absolute atomic E-state index is 11.7. The maximum Gasteiger partial charge on any atom is 0.314 e. The second-order valence-corrected chi connectivity index (χ2v) is 5.81. The number of urea groups is 1. The van der Waals surface area contributed by atoms with E-state index in [0.29, 0.717) is 19.7 Å². The van der Waals surface area contributed by atoms with Gasteiger partial charge in [0.05, 0.1) is 19.8 Å². The summed E-state index contributed by atoms with van der Waals surface area (Å²) in [6.45, 7) is 9.96. The Hall–Kier alpha value is -1.79. The van der Waals surface area contributed by atoms with Crippen molar-refractivity contribution >= 4 is 6.03 Å². The van der Waals surface area contributed by atoms with Gasteiger partial charge >= 0.3 is 6.03 Å². The van der Waals surface area contributed by atoms with Gasteiger partial charge in [-0.15, -0.1) is 0 Å². The molecule has 1 aliphatic rings. The summed E-state index contributed by atoms with van der Waals surface area (Å²) in [5, 5.41) is 5.66. The van der Waals surface area contributed by atoms with Crippen LogP contribution in [0.25, 0.3) is 0 Å². The number of morpholine rings is 1. The summed E-state index contributed by atoms with van der Waals surface area (Å²) in [5.74, 6) is 0.844. The third kappa shape index (κ3) is 6.88. The lowest BCUT2D eigenvalue weighted by molar-refractivity contribution is 0.0387. The molecule has 0 unspecified atom stereocenters. The van der Waals surface area contributed by atoms with Crippen molar-refractivity contribution in [2.24, 2.45) is 0 Å². The van der Waals surface area contributed by atoms with Crippen molar-refractivity contribution in [1.82, 2.24) is 15.5 Å². The predicted octanol–water partition coefficient (Wildman–Crippen LogP) is 1.31. The number of rotatable bonds is 7. The van der Waals surface area contributed by atoms with Gasteiger partial charge in [-0.05, 0) is 37.1 Å². The van der Waals surface area contributed by atoms with Crippen LogP contribution in [-0.4, -0.2) is 63.5 Å². The van der Waals surface area contributed by atoms with E-state index in [1.807, 2.05) is 26.0 Å². The Bertz CT molecular complexity index is 482. The summed E-state index contributed by atoms with van der Waals surface area (Å²) in [7, 11) is 0. The summed E-state index contributed by atoms with van der Waals surface area (Å²) >= 11 is 0. The van der Waals surface area contributed by atoms with Crippen molar-refractivity contribution < 1.29 is 14.3 Å². The van der Waals surface area contributed by atoms with E-state index in [2.05, 4.69) is 21.6 Å². The Balaban J connectivity index is 1.54. The first-order valence-corrected chi connectivity index (χ1v) is 8.16. The molecular weight excluding hydrogens is 294 g/mol. The van der Waals surface area contributed by atoms with Gasteiger partial charge < -0.3 is 20.1 Å². The summed E-state index contributed by atoms with van der Waals surface area (Å²) in [6, 6.07) is 5.94. The number of aryl methyl sites for hydroxylation is 2. The smallest absolute Gasteiger partial charge is 0.314 e. The molecule has 1 heterocycles. The summed E-state index contributed by atoms with van der Waals surface area (Å²) < 4.78 is 10.9. The number of nitrogens with one attached hydrogen (secondary N) is 2. The molecule has 6 heteroatoms. The van der Waals surface area contributed by atoms with Crippen molar-refractivity contribution in [2.45, 2.75) is 13.8 Å². The van der Waals surface area contributed by atoms with Gasteiger partial charge in [0, 0.05) is 26.2 Å². The number of carbonyl (C=O) groups is 1. The lowest BCUT2D eigenvalue weighted by Gasteiger charge is -2.26. The molecule has 1 aromatic carbocycles. The average Bonchev–Trinajstić information content (AvgIpc) is 2.52. The van der Waals surface area contributed by atoms with Crippen LogP contribution in [0.2, 0.25) is 0 Å². The highest BCUT2D eigenvalue weighted by Gasteiger charge is 2.09. The highest BCUT2D eigenvalue weighted by molar-refractivity contribution is 5.73. The van der Waals surface area contributed by atoms with Gasteiger partial charge in [0.1, 0.15) is 12.4 Å². The van der Waals surface area contributed by atoms with Crippen molar-refractivity contribution in [3.05, 3.63) is 29.3 Å². The SMILES string of the molecule is Cc1cc(C)cc(OCCNC(=O)NCCN2CCOCC2)c1. The van der Waals surface area contributed by atoms with E-state index in [1.165, 1.54) is 11.1 Å². The number of hydrogen-bond acceptors (Lipinski definition) is 4. The number of hydrogen-bond donors (Lipinski definition) is 2. The Kier molecular flexibility index (Phi) is 7.16. The number of benzene rings is 1. The van der Waals surface area contributed by atoms with Gasteiger partial charge in [0.25, 0.3) is 0 Å². The van der Waals surface area contributed by atoms with E-state index in [1.54, 1.807) is 0 Å². The zero-order valence-corrected chi connectivity index (χ0v) is 14.1. The van der Waals surface area contributed by atoms with Crippen molar-refractivity contribution in [1.29, 1.82) is 0 Å². The molecule has 2 amide bonds. The van der Waals surface area contributed by atoms with Crippen molar-refractivity contribution in [2.75, 3.05) is 52.5 Å². The average molecular weight is 321 g/mol. The lowest BCUT2D eigenvalue weighted by atomic mass is 10.1. The molecule has 1 fully saturated rings. The largest absolute Gasteiger partial charge is 0.492 e. The Morgan fingerprint density at radius 3 is 2.48 bits per heavy atom. The van der Waals surface area contributed by atoms with E-state index in [9.17, 15) is 4.79 Å². The van der Waals surface area contributed by atoms with Crippen LogP contribution in [0.1, 0.15) is 11.1 Å². The Morgan fingerprint density at radius 1 is 1.13 bits per heavy atom. The molecule has 0 bridgehead atoms. The third-order valence-corrected chi connectivity index (χ3v) is 3.67. The van der Waals surface area contributed by atoms with Crippen LogP contribution in [0.3, 0.4) is 0 Å². The molecule has 0 spiro atoms. The van der Waals surface area contributed by atoms with Gasteiger partial charge in [-0.25, -0.2) is 4.79 Å². The summed E-state index contributed by atoms with van der Waals surface area (Å²) in [6.07, 6.45) is 0. The lowest BCUT2D eigenvalue weighted by Crippen LogP contribution is -2.44. The number of nitrogens with zero attached hydrogens (tertiary/aromatic N) is 1. The molecule has 1 aliphatic heterocycles. The van der Waals surface area contributed by atoms with E-state index in [4.69, 9.17) is 9.47 Å². The zero-order chi connectivity index (χ0) is 16.5. The fraction of sp³-hybridized carbons (Fsp3) is 0.588. The van der Waals surface area contributed by atoms with Crippen LogP contribution < -0.4 is 15.4 Å². The van der Waals surface area contributed by atoms with Crippen LogP contribution in [0, 0.1) is 13.8 Å². The molecule has 1 saturated heterocycles. The summed E-state index contributed by atoms with van der Waals surface area (Å²) in [4.78, 5) is 14.0. The fourth-order valence-corrected chi connectivity index (χ4v) is 2.56. The molecule has 2 rings (SSSR count). The van der Waals surface area contributed by atoms with Crippen molar-refractivity contribution in [3.63, 3.8) is 0 Å². The molecule has 128 valence electrons. The second-order valence-electron chi connectivity index (χ2n) is 5.81. The maximum atomic E-state index is 11.7. The number of amides is 2. The fourth-order valence-electron chi connectivity index (χ4n) is 2.56. The minimum atomic E-state index is -0.151. The highest BCUT2D eigenvalue weighted by Crippen LogP contribution is 2.15. The number of carbonyl (C=O) groups excluding carboxylic acids is 1. The molecule has 0 aliphatic carbocycles. The van der Waals surface area contributed by atoms with Crippen LogP contribution in [-0.2, 0) is 4.74 Å². The Labute approximate surface area is 138 Å². The van der Waals surface area contributed by atoms with E-state index < -0.39 is 0 Å². The van der Waals surface area contributed by atoms with Gasteiger partial charge in [0.15, 0.2) is 0 Å².